The van der Waals surface area contributed by atoms with Gasteiger partial charge in [0.05, 0.1) is 0 Å². The quantitative estimate of drug-likeness (QED) is 0.785. The number of hydrogen-bond acceptors (Lipinski definition) is 3. The molecule has 0 aliphatic heterocycles. The van der Waals surface area contributed by atoms with E-state index in [1.807, 2.05) is 6.92 Å². The number of pyridine rings is 1. The second kappa shape index (κ2) is 4.59. The van der Waals surface area contributed by atoms with Crippen LogP contribution in [0.4, 0.5) is 14.6 Å². The minimum Gasteiger partial charge on any atom is -0.435 e. The average molecular weight is 188 g/mol. The van der Waals surface area contributed by atoms with Crippen LogP contribution in [-0.4, -0.2) is 18.1 Å². The number of anilines is 1. The van der Waals surface area contributed by atoms with Crippen molar-refractivity contribution >= 4 is 5.82 Å². The van der Waals surface area contributed by atoms with Crippen molar-refractivity contribution in [1.29, 1.82) is 0 Å². The van der Waals surface area contributed by atoms with Crippen molar-refractivity contribution in [2.75, 3.05) is 11.9 Å². The summed E-state index contributed by atoms with van der Waals surface area (Å²) in [5, 5.41) is 2.89. The van der Waals surface area contributed by atoms with Gasteiger partial charge in [-0.15, -0.1) is 0 Å². The average Bonchev–Trinajstić information content (AvgIpc) is 2.04. The fourth-order valence-electron chi connectivity index (χ4n) is 0.865. The predicted octanol–water partition coefficient (Wildman–Crippen LogP) is 2.11. The molecule has 0 atom stereocenters. The Balaban J connectivity index is 2.67. The van der Waals surface area contributed by atoms with Gasteiger partial charge in [0.1, 0.15) is 11.6 Å². The highest BCUT2D eigenvalue weighted by atomic mass is 19.3. The number of hydrogen-bond donors (Lipinski definition) is 1. The summed E-state index contributed by atoms with van der Waals surface area (Å²) in [5.41, 5.74) is 0. The first-order valence-electron chi connectivity index (χ1n) is 3.87. The molecule has 0 bridgehead atoms. The van der Waals surface area contributed by atoms with Crippen LogP contribution < -0.4 is 10.1 Å². The van der Waals surface area contributed by atoms with Crippen molar-refractivity contribution in [3.63, 3.8) is 0 Å². The van der Waals surface area contributed by atoms with Gasteiger partial charge in [-0.05, 0) is 13.0 Å². The van der Waals surface area contributed by atoms with Gasteiger partial charge in [-0.1, -0.05) is 0 Å². The summed E-state index contributed by atoms with van der Waals surface area (Å²) in [6.45, 7) is -0.218. The van der Waals surface area contributed by atoms with E-state index in [-0.39, 0.29) is 5.75 Å². The summed E-state index contributed by atoms with van der Waals surface area (Å²) >= 11 is 0. The number of nitrogens with zero attached hydrogens (tertiary/aromatic N) is 1. The van der Waals surface area contributed by atoms with Crippen LogP contribution in [0, 0.1) is 0 Å². The molecule has 5 heteroatoms. The second-order valence-electron chi connectivity index (χ2n) is 2.29. The van der Waals surface area contributed by atoms with Crippen LogP contribution in [0.3, 0.4) is 0 Å². The van der Waals surface area contributed by atoms with E-state index in [1.54, 1.807) is 0 Å². The molecule has 0 aliphatic rings. The highest BCUT2D eigenvalue weighted by Crippen LogP contribution is 2.16. The number of rotatable bonds is 4. The Hall–Kier alpha value is -1.39. The van der Waals surface area contributed by atoms with Gasteiger partial charge < -0.3 is 10.1 Å². The Bertz CT molecular complexity index is 268. The molecule has 0 saturated carbocycles. The molecule has 1 N–H and O–H groups in total. The summed E-state index contributed by atoms with van der Waals surface area (Å²) in [4.78, 5) is 3.90. The lowest BCUT2D eigenvalue weighted by Gasteiger charge is -2.06. The topological polar surface area (TPSA) is 34.1 Å². The Kier molecular flexibility index (Phi) is 3.42. The van der Waals surface area contributed by atoms with Crippen LogP contribution in [0.5, 0.6) is 5.75 Å². The van der Waals surface area contributed by atoms with Crippen molar-refractivity contribution in [3.8, 4) is 5.75 Å². The predicted molar refractivity (Wildman–Crippen MR) is 45.0 cm³/mol. The third-order valence-electron chi connectivity index (χ3n) is 1.31. The largest absolute Gasteiger partial charge is 0.435 e. The lowest BCUT2D eigenvalue weighted by atomic mass is 10.4. The molecule has 0 unspecified atom stereocenters. The van der Waals surface area contributed by atoms with Crippen LogP contribution in [0.25, 0.3) is 0 Å². The third kappa shape index (κ3) is 3.23. The van der Waals surface area contributed by atoms with Crippen LogP contribution in [0.15, 0.2) is 18.3 Å². The number of alkyl halides is 2. The van der Waals surface area contributed by atoms with E-state index in [4.69, 9.17) is 0 Å². The molecule has 1 aromatic rings. The summed E-state index contributed by atoms with van der Waals surface area (Å²) in [6, 6.07) is 2.81. The number of halogens is 2. The Labute approximate surface area is 74.7 Å². The zero-order valence-electron chi connectivity index (χ0n) is 7.13. The molecule has 13 heavy (non-hydrogen) atoms. The summed E-state index contributed by atoms with van der Waals surface area (Å²) in [7, 11) is 0. The summed E-state index contributed by atoms with van der Waals surface area (Å²) < 4.78 is 27.7. The fourth-order valence-corrected chi connectivity index (χ4v) is 0.865. The van der Waals surface area contributed by atoms with Gasteiger partial charge in [-0.2, -0.15) is 8.78 Å². The standard InChI is InChI=1S/C8H10F2N2O/c1-2-11-7-5-6(3-4-12-7)13-8(9)10/h3-5,8H,2H2,1H3,(H,11,12). The minimum atomic E-state index is -2.79. The first-order valence-corrected chi connectivity index (χ1v) is 3.87. The van der Waals surface area contributed by atoms with E-state index in [0.717, 1.165) is 0 Å². The minimum absolute atomic E-state index is 0.112. The van der Waals surface area contributed by atoms with Crippen molar-refractivity contribution in [2.45, 2.75) is 13.5 Å². The first kappa shape index (κ1) is 9.70. The van der Waals surface area contributed by atoms with Gasteiger partial charge in [-0.25, -0.2) is 4.98 Å². The lowest BCUT2D eigenvalue weighted by molar-refractivity contribution is -0.0498. The molecule has 0 fully saturated rings. The van der Waals surface area contributed by atoms with Crippen molar-refractivity contribution < 1.29 is 13.5 Å². The van der Waals surface area contributed by atoms with E-state index < -0.39 is 6.61 Å². The van der Waals surface area contributed by atoms with Gasteiger partial charge in [0, 0.05) is 18.8 Å². The zero-order valence-corrected chi connectivity index (χ0v) is 7.13. The van der Waals surface area contributed by atoms with Gasteiger partial charge >= 0.3 is 6.61 Å². The van der Waals surface area contributed by atoms with Crippen molar-refractivity contribution in [2.24, 2.45) is 0 Å². The highest BCUT2D eigenvalue weighted by Gasteiger charge is 2.04. The van der Waals surface area contributed by atoms with Gasteiger partial charge in [-0.3, -0.25) is 0 Å². The Morgan fingerprint density at radius 3 is 3.00 bits per heavy atom. The number of ether oxygens (including phenoxy) is 1. The molecule has 0 aliphatic carbocycles. The third-order valence-corrected chi connectivity index (χ3v) is 1.31. The smallest absolute Gasteiger partial charge is 0.387 e. The van der Waals surface area contributed by atoms with Crippen LogP contribution in [0.2, 0.25) is 0 Å². The molecule has 1 aromatic heterocycles. The van der Waals surface area contributed by atoms with Crippen molar-refractivity contribution in [1.82, 2.24) is 4.98 Å². The summed E-state index contributed by atoms with van der Waals surface area (Å²) in [6.07, 6.45) is 1.41. The molecule has 0 spiro atoms. The Morgan fingerprint density at radius 2 is 2.38 bits per heavy atom. The van der Waals surface area contributed by atoms with E-state index in [1.165, 1.54) is 18.3 Å². The number of nitrogens with one attached hydrogen (secondary N) is 1. The molecule has 3 nitrogen and oxygen atoms in total. The molecule has 0 aromatic carbocycles. The van der Waals surface area contributed by atoms with Gasteiger partial charge in [0.25, 0.3) is 0 Å². The SMILES string of the molecule is CCNc1cc(OC(F)F)ccn1. The maximum absolute atomic E-state index is 11.8. The second-order valence-corrected chi connectivity index (χ2v) is 2.29. The van der Waals surface area contributed by atoms with E-state index in [2.05, 4.69) is 15.0 Å². The fraction of sp³-hybridized carbons (Fsp3) is 0.375. The van der Waals surface area contributed by atoms with Gasteiger partial charge in [0.2, 0.25) is 0 Å². The molecule has 1 heterocycles. The molecule has 0 saturated heterocycles. The molecule has 0 radical (unpaired) electrons. The highest BCUT2D eigenvalue weighted by molar-refractivity contribution is 5.40. The first-order chi connectivity index (χ1) is 6.22. The molecular formula is C8H10F2N2O. The normalized spacial score (nSPS) is 10.2. The van der Waals surface area contributed by atoms with E-state index >= 15 is 0 Å². The van der Waals surface area contributed by atoms with Crippen LogP contribution >= 0.6 is 0 Å². The molecular weight excluding hydrogens is 178 g/mol. The summed E-state index contributed by atoms with van der Waals surface area (Å²) in [5.74, 6) is 0.640. The lowest BCUT2D eigenvalue weighted by Crippen LogP contribution is -2.04. The van der Waals surface area contributed by atoms with E-state index in [0.29, 0.717) is 12.4 Å². The maximum atomic E-state index is 11.8. The van der Waals surface area contributed by atoms with Gasteiger partial charge in [0.15, 0.2) is 0 Å². The molecule has 1 rings (SSSR count). The van der Waals surface area contributed by atoms with Crippen LogP contribution in [-0.2, 0) is 0 Å². The zero-order chi connectivity index (χ0) is 9.68. The molecule has 72 valence electrons. The van der Waals surface area contributed by atoms with Crippen LogP contribution in [0.1, 0.15) is 6.92 Å². The van der Waals surface area contributed by atoms with Crippen molar-refractivity contribution in [3.05, 3.63) is 18.3 Å². The maximum Gasteiger partial charge on any atom is 0.387 e. The molecule has 0 amide bonds. The number of aromatic nitrogens is 1. The monoisotopic (exact) mass is 188 g/mol. The van der Waals surface area contributed by atoms with E-state index in [9.17, 15) is 8.78 Å². The Morgan fingerprint density at radius 1 is 1.62 bits per heavy atom.